The zero-order valence-electron chi connectivity index (χ0n) is 10.5. The Bertz CT molecular complexity index is 230. The van der Waals surface area contributed by atoms with Gasteiger partial charge in [-0.25, -0.2) is 0 Å². The lowest BCUT2D eigenvalue weighted by atomic mass is 10.2. The zero-order chi connectivity index (χ0) is 12.7. The number of hydrogen-bond donors (Lipinski definition) is 3. The predicted octanol–water partition coefficient (Wildman–Crippen LogP) is 0.160. The van der Waals surface area contributed by atoms with Crippen LogP contribution in [-0.4, -0.2) is 42.4 Å². The Hall–Kier alpha value is -0.650. The van der Waals surface area contributed by atoms with Gasteiger partial charge in [0.2, 0.25) is 5.91 Å². The van der Waals surface area contributed by atoms with Crippen LogP contribution in [0.5, 0.6) is 0 Å². The lowest BCUT2D eigenvalue weighted by Crippen LogP contribution is -2.38. The Morgan fingerprint density at radius 2 is 2.18 bits per heavy atom. The number of ether oxygens (including phenoxy) is 1. The SMILES string of the molecule is CC(CC(N)=O)NCC(O)COC1CCCC1. The predicted molar refractivity (Wildman–Crippen MR) is 65.5 cm³/mol. The molecule has 0 radical (unpaired) electrons. The lowest BCUT2D eigenvalue weighted by Gasteiger charge is -2.18. The highest BCUT2D eigenvalue weighted by Gasteiger charge is 2.17. The van der Waals surface area contributed by atoms with E-state index in [2.05, 4.69) is 5.32 Å². The van der Waals surface area contributed by atoms with Crippen molar-refractivity contribution in [3.05, 3.63) is 0 Å². The molecule has 0 saturated heterocycles. The molecular formula is C12H24N2O3. The molecule has 0 aromatic carbocycles. The van der Waals surface area contributed by atoms with Crippen molar-refractivity contribution in [3.8, 4) is 0 Å². The largest absolute Gasteiger partial charge is 0.389 e. The van der Waals surface area contributed by atoms with E-state index in [1.807, 2.05) is 6.92 Å². The van der Waals surface area contributed by atoms with Crippen LogP contribution in [0.1, 0.15) is 39.0 Å². The van der Waals surface area contributed by atoms with Crippen molar-refractivity contribution in [2.24, 2.45) is 5.73 Å². The molecule has 0 aromatic rings. The van der Waals surface area contributed by atoms with E-state index in [4.69, 9.17) is 10.5 Å². The van der Waals surface area contributed by atoms with E-state index in [1.165, 1.54) is 12.8 Å². The van der Waals surface area contributed by atoms with Crippen LogP contribution >= 0.6 is 0 Å². The van der Waals surface area contributed by atoms with Crippen LogP contribution in [0.2, 0.25) is 0 Å². The Morgan fingerprint density at radius 1 is 1.53 bits per heavy atom. The van der Waals surface area contributed by atoms with Crippen molar-refractivity contribution < 1.29 is 14.6 Å². The van der Waals surface area contributed by atoms with Crippen LogP contribution < -0.4 is 11.1 Å². The summed E-state index contributed by atoms with van der Waals surface area (Å²) in [5, 5.41) is 12.7. The second kappa shape index (κ2) is 7.63. The molecule has 17 heavy (non-hydrogen) atoms. The standard InChI is InChI=1S/C12H24N2O3/c1-9(6-12(13)16)14-7-10(15)8-17-11-4-2-3-5-11/h9-11,14-15H,2-8H2,1H3,(H2,13,16). The molecule has 2 atom stereocenters. The topological polar surface area (TPSA) is 84.6 Å². The van der Waals surface area contributed by atoms with Gasteiger partial charge >= 0.3 is 0 Å². The molecule has 2 unspecified atom stereocenters. The second-order valence-corrected chi connectivity index (χ2v) is 4.87. The first-order valence-corrected chi connectivity index (χ1v) is 6.39. The molecule has 1 rings (SSSR count). The molecular weight excluding hydrogens is 220 g/mol. The number of rotatable bonds is 8. The third-order valence-electron chi connectivity index (χ3n) is 3.04. The van der Waals surface area contributed by atoms with Gasteiger partial charge in [0.05, 0.1) is 18.8 Å². The number of aliphatic hydroxyl groups is 1. The molecule has 1 amide bonds. The quantitative estimate of drug-likeness (QED) is 0.568. The number of amides is 1. The fraction of sp³-hybridized carbons (Fsp3) is 0.917. The first kappa shape index (κ1) is 14.4. The van der Waals surface area contributed by atoms with Gasteiger partial charge in [0.25, 0.3) is 0 Å². The summed E-state index contributed by atoms with van der Waals surface area (Å²) < 4.78 is 5.60. The van der Waals surface area contributed by atoms with Crippen LogP contribution in [-0.2, 0) is 9.53 Å². The highest BCUT2D eigenvalue weighted by molar-refractivity contribution is 5.74. The Balaban J connectivity index is 2.03. The molecule has 0 bridgehead atoms. The van der Waals surface area contributed by atoms with Gasteiger partial charge in [-0.15, -0.1) is 0 Å². The maximum atomic E-state index is 10.6. The highest BCUT2D eigenvalue weighted by atomic mass is 16.5. The highest BCUT2D eigenvalue weighted by Crippen LogP contribution is 2.20. The molecule has 0 aliphatic heterocycles. The number of primary amides is 1. The average molecular weight is 244 g/mol. The molecule has 1 aliphatic carbocycles. The molecule has 0 heterocycles. The number of carbonyl (C=O) groups excluding carboxylic acids is 1. The van der Waals surface area contributed by atoms with E-state index < -0.39 is 6.10 Å². The van der Waals surface area contributed by atoms with Crippen LogP contribution in [0.15, 0.2) is 0 Å². The van der Waals surface area contributed by atoms with Gasteiger partial charge in [0, 0.05) is 19.0 Å². The molecule has 0 aromatic heterocycles. The number of aliphatic hydroxyl groups excluding tert-OH is 1. The fourth-order valence-electron chi connectivity index (χ4n) is 2.07. The minimum Gasteiger partial charge on any atom is -0.389 e. The Labute approximate surface area is 103 Å². The number of nitrogens with two attached hydrogens (primary N) is 1. The van der Waals surface area contributed by atoms with E-state index in [0.29, 0.717) is 19.3 Å². The maximum Gasteiger partial charge on any atom is 0.218 e. The molecule has 1 fully saturated rings. The summed E-state index contributed by atoms with van der Waals surface area (Å²) >= 11 is 0. The van der Waals surface area contributed by atoms with Gasteiger partial charge in [-0.2, -0.15) is 0 Å². The Morgan fingerprint density at radius 3 is 2.76 bits per heavy atom. The van der Waals surface area contributed by atoms with Crippen LogP contribution in [0.3, 0.4) is 0 Å². The van der Waals surface area contributed by atoms with Crippen molar-refractivity contribution in [1.82, 2.24) is 5.32 Å². The molecule has 0 spiro atoms. The number of nitrogens with one attached hydrogen (secondary N) is 1. The van der Waals surface area contributed by atoms with Gasteiger partial charge in [-0.3, -0.25) is 4.79 Å². The van der Waals surface area contributed by atoms with Crippen LogP contribution in [0.25, 0.3) is 0 Å². The van der Waals surface area contributed by atoms with Crippen molar-refractivity contribution in [2.45, 2.75) is 57.3 Å². The van der Waals surface area contributed by atoms with Crippen LogP contribution in [0, 0.1) is 0 Å². The van der Waals surface area contributed by atoms with E-state index >= 15 is 0 Å². The zero-order valence-corrected chi connectivity index (χ0v) is 10.5. The second-order valence-electron chi connectivity index (χ2n) is 4.87. The monoisotopic (exact) mass is 244 g/mol. The van der Waals surface area contributed by atoms with E-state index in [9.17, 15) is 9.90 Å². The van der Waals surface area contributed by atoms with Gasteiger partial charge in [-0.1, -0.05) is 12.8 Å². The summed E-state index contributed by atoms with van der Waals surface area (Å²) in [5.41, 5.74) is 5.08. The summed E-state index contributed by atoms with van der Waals surface area (Å²) in [6, 6.07) is -0.00590. The molecule has 1 saturated carbocycles. The third-order valence-corrected chi connectivity index (χ3v) is 3.04. The lowest BCUT2D eigenvalue weighted by molar-refractivity contribution is -0.118. The average Bonchev–Trinajstić information content (AvgIpc) is 2.75. The first-order valence-electron chi connectivity index (χ1n) is 6.39. The third kappa shape index (κ3) is 6.61. The summed E-state index contributed by atoms with van der Waals surface area (Å²) in [7, 11) is 0. The van der Waals surface area contributed by atoms with E-state index in [1.54, 1.807) is 0 Å². The van der Waals surface area contributed by atoms with Crippen molar-refractivity contribution >= 4 is 5.91 Å². The van der Waals surface area contributed by atoms with Crippen molar-refractivity contribution in [2.75, 3.05) is 13.2 Å². The van der Waals surface area contributed by atoms with Crippen molar-refractivity contribution in [1.29, 1.82) is 0 Å². The fourth-order valence-corrected chi connectivity index (χ4v) is 2.07. The normalized spacial score (nSPS) is 20.4. The summed E-state index contributed by atoms with van der Waals surface area (Å²) in [6.07, 6.45) is 4.77. The summed E-state index contributed by atoms with van der Waals surface area (Å²) in [6.45, 7) is 2.66. The van der Waals surface area contributed by atoms with Crippen molar-refractivity contribution in [3.63, 3.8) is 0 Å². The van der Waals surface area contributed by atoms with Crippen LogP contribution in [0.4, 0.5) is 0 Å². The van der Waals surface area contributed by atoms with Gasteiger partial charge in [0.15, 0.2) is 0 Å². The molecule has 100 valence electrons. The molecule has 4 N–H and O–H groups in total. The molecule has 5 heteroatoms. The van der Waals surface area contributed by atoms with E-state index in [0.717, 1.165) is 12.8 Å². The number of hydrogen-bond acceptors (Lipinski definition) is 4. The first-order chi connectivity index (χ1) is 8.08. The molecule has 1 aliphatic rings. The summed E-state index contributed by atoms with van der Waals surface area (Å²) in [4.78, 5) is 10.6. The Kier molecular flexibility index (Phi) is 6.47. The smallest absolute Gasteiger partial charge is 0.218 e. The van der Waals surface area contributed by atoms with Gasteiger partial charge < -0.3 is 20.9 Å². The maximum absolute atomic E-state index is 10.6. The number of carbonyl (C=O) groups is 1. The molecule has 5 nitrogen and oxygen atoms in total. The van der Waals surface area contributed by atoms with E-state index in [-0.39, 0.29) is 18.4 Å². The minimum absolute atomic E-state index is 0.00590. The van der Waals surface area contributed by atoms with Gasteiger partial charge in [-0.05, 0) is 19.8 Å². The minimum atomic E-state index is -0.522. The van der Waals surface area contributed by atoms with Gasteiger partial charge in [0.1, 0.15) is 0 Å². The summed E-state index contributed by atoms with van der Waals surface area (Å²) in [5.74, 6) is -0.332.